The van der Waals surface area contributed by atoms with Crippen molar-refractivity contribution in [2.24, 2.45) is 0 Å². The van der Waals surface area contributed by atoms with Crippen LogP contribution in [0.2, 0.25) is 5.15 Å². The van der Waals surface area contributed by atoms with E-state index in [0.29, 0.717) is 17.2 Å². The van der Waals surface area contributed by atoms with Crippen molar-refractivity contribution in [2.45, 2.75) is 65.5 Å². The highest BCUT2D eigenvalue weighted by Gasteiger charge is 2.32. The van der Waals surface area contributed by atoms with Crippen LogP contribution in [0.4, 0.5) is 5.82 Å². The van der Waals surface area contributed by atoms with Gasteiger partial charge in [-0.3, -0.25) is 0 Å². The molecule has 0 bridgehead atoms. The number of hydrogen-bond donors (Lipinski definition) is 0. The average molecular weight is 268 g/mol. The second-order valence-corrected chi connectivity index (χ2v) is 5.49. The van der Waals surface area contributed by atoms with Gasteiger partial charge in [0.2, 0.25) is 0 Å². The summed E-state index contributed by atoms with van der Waals surface area (Å²) >= 11 is 6.24. The predicted octanol–water partition coefficient (Wildman–Crippen LogP) is 3.77. The molecular weight excluding hydrogens is 246 g/mol. The maximum Gasteiger partial charge on any atom is 0.137 e. The van der Waals surface area contributed by atoms with Gasteiger partial charge < -0.3 is 4.90 Å². The van der Waals surface area contributed by atoms with E-state index in [1.165, 1.54) is 12.8 Å². The molecule has 100 valence electrons. The minimum atomic E-state index is 0.546. The fourth-order valence-corrected chi connectivity index (χ4v) is 2.97. The number of rotatable bonds is 3. The summed E-state index contributed by atoms with van der Waals surface area (Å²) in [5.74, 6) is 1.89. The fourth-order valence-electron chi connectivity index (χ4n) is 2.78. The summed E-state index contributed by atoms with van der Waals surface area (Å²) < 4.78 is 0. The van der Waals surface area contributed by atoms with Crippen LogP contribution in [0.25, 0.3) is 0 Å². The van der Waals surface area contributed by atoms with Crippen molar-refractivity contribution in [1.29, 1.82) is 0 Å². The van der Waals surface area contributed by atoms with E-state index < -0.39 is 0 Å². The van der Waals surface area contributed by atoms with Gasteiger partial charge in [-0.25, -0.2) is 9.97 Å². The van der Waals surface area contributed by atoms with Gasteiger partial charge in [0, 0.05) is 24.1 Å². The van der Waals surface area contributed by atoms with Crippen molar-refractivity contribution in [3.05, 3.63) is 16.5 Å². The molecule has 2 rings (SSSR count). The Morgan fingerprint density at radius 3 is 2.61 bits per heavy atom. The summed E-state index contributed by atoms with van der Waals surface area (Å²) in [5, 5.41) is 0.603. The minimum Gasteiger partial charge on any atom is -0.351 e. The van der Waals surface area contributed by atoms with Crippen molar-refractivity contribution in [3.8, 4) is 0 Å². The molecule has 0 aromatic carbocycles. The van der Waals surface area contributed by atoms with E-state index in [9.17, 15) is 0 Å². The van der Waals surface area contributed by atoms with Crippen molar-refractivity contribution in [3.63, 3.8) is 0 Å². The predicted molar refractivity (Wildman–Crippen MR) is 76.4 cm³/mol. The highest BCUT2D eigenvalue weighted by molar-refractivity contribution is 6.30. The van der Waals surface area contributed by atoms with Crippen LogP contribution in [0.1, 0.15) is 51.4 Å². The Morgan fingerprint density at radius 2 is 2.00 bits per heavy atom. The summed E-state index contributed by atoms with van der Waals surface area (Å²) in [6, 6.07) is 1.14. The van der Waals surface area contributed by atoms with Crippen molar-refractivity contribution in [2.75, 3.05) is 4.90 Å². The van der Waals surface area contributed by atoms with E-state index in [4.69, 9.17) is 16.6 Å². The smallest absolute Gasteiger partial charge is 0.137 e. The molecule has 2 heterocycles. The molecule has 1 aliphatic heterocycles. The zero-order valence-electron chi connectivity index (χ0n) is 11.7. The Bertz CT molecular complexity index is 433. The minimum absolute atomic E-state index is 0.546. The molecule has 1 aliphatic rings. The van der Waals surface area contributed by atoms with E-state index in [2.05, 4.69) is 30.7 Å². The quantitative estimate of drug-likeness (QED) is 0.781. The van der Waals surface area contributed by atoms with E-state index in [-0.39, 0.29) is 0 Å². The third-order valence-electron chi connectivity index (χ3n) is 3.92. The van der Waals surface area contributed by atoms with E-state index >= 15 is 0 Å². The number of nitrogens with zero attached hydrogens (tertiary/aromatic N) is 3. The summed E-state index contributed by atoms with van der Waals surface area (Å²) in [6.07, 6.45) is 4.47. The molecule has 0 saturated carbocycles. The summed E-state index contributed by atoms with van der Waals surface area (Å²) in [5.41, 5.74) is 1.01. The molecule has 3 nitrogen and oxygen atoms in total. The molecule has 1 aromatic rings. The molecule has 4 heteroatoms. The van der Waals surface area contributed by atoms with E-state index in [0.717, 1.165) is 30.0 Å². The van der Waals surface area contributed by atoms with Crippen LogP contribution < -0.4 is 4.90 Å². The lowest BCUT2D eigenvalue weighted by Gasteiger charge is -2.30. The molecule has 2 atom stereocenters. The molecule has 1 fully saturated rings. The van der Waals surface area contributed by atoms with Gasteiger partial charge in [-0.15, -0.1) is 0 Å². The van der Waals surface area contributed by atoms with Crippen LogP contribution in [-0.2, 0) is 6.42 Å². The molecule has 1 saturated heterocycles. The Morgan fingerprint density at radius 1 is 1.28 bits per heavy atom. The average Bonchev–Trinajstić information content (AvgIpc) is 2.73. The monoisotopic (exact) mass is 267 g/mol. The van der Waals surface area contributed by atoms with Crippen LogP contribution >= 0.6 is 11.6 Å². The summed E-state index contributed by atoms with van der Waals surface area (Å²) in [4.78, 5) is 11.5. The third kappa shape index (κ3) is 2.33. The first-order chi connectivity index (χ1) is 8.58. The zero-order valence-corrected chi connectivity index (χ0v) is 12.5. The van der Waals surface area contributed by atoms with Crippen LogP contribution in [0.5, 0.6) is 0 Å². The van der Waals surface area contributed by atoms with Crippen LogP contribution in [0.15, 0.2) is 0 Å². The molecule has 0 radical (unpaired) electrons. The third-order valence-corrected chi connectivity index (χ3v) is 4.29. The largest absolute Gasteiger partial charge is 0.351 e. The highest BCUT2D eigenvalue weighted by Crippen LogP contribution is 2.34. The molecule has 0 N–H and O–H groups in total. The molecule has 18 heavy (non-hydrogen) atoms. The molecule has 0 amide bonds. The maximum absolute atomic E-state index is 6.24. The number of hydrogen-bond acceptors (Lipinski definition) is 3. The Hall–Kier alpha value is -0.830. The first kappa shape index (κ1) is 13.6. The Kier molecular flexibility index (Phi) is 4.10. The fraction of sp³-hybridized carbons (Fsp3) is 0.714. The SMILES string of the molecule is CCc1nc(Cl)c(C)c(N2C(C)CCC2CC)n1. The van der Waals surface area contributed by atoms with Crippen molar-refractivity contribution >= 4 is 17.4 Å². The zero-order chi connectivity index (χ0) is 13.3. The van der Waals surface area contributed by atoms with Gasteiger partial charge in [0.15, 0.2) is 0 Å². The molecule has 1 aromatic heterocycles. The van der Waals surface area contributed by atoms with Crippen LogP contribution in [0, 0.1) is 6.92 Å². The van der Waals surface area contributed by atoms with Gasteiger partial charge in [0.1, 0.15) is 16.8 Å². The normalized spacial score (nSPS) is 23.7. The number of halogens is 1. The molecule has 0 aliphatic carbocycles. The lowest BCUT2D eigenvalue weighted by molar-refractivity contribution is 0.616. The van der Waals surface area contributed by atoms with Gasteiger partial charge in [0.05, 0.1) is 0 Å². The Balaban J connectivity index is 2.45. The van der Waals surface area contributed by atoms with E-state index in [1.807, 2.05) is 6.92 Å². The Labute approximate surface area is 115 Å². The first-order valence-electron chi connectivity index (χ1n) is 6.89. The highest BCUT2D eigenvalue weighted by atomic mass is 35.5. The lowest BCUT2D eigenvalue weighted by atomic mass is 10.1. The maximum atomic E-state index is 6.24. The summed E-state index contributed by atoms with van der Waals surface area (Å²) in [7, 11) is 0. The van der Waals surface area contributed by atoms with Gasteiger partial charge >= 0.3 is 0 Å². The first-order valence-corrected chi connectivity index (χ1v) is 7.27. The van der Waals surface area contributed by atoms with Crippen LogP contribution in [0.3, 0.4) is 0 Å². The van der Waals surface area contributed by atoms with Gasteiger partial charge in [-0.05, 0) is 33.1 Å². The molecule has 2 unspecified atom stereocenters. The molecular formula is C14H22ClN3. The molecule has 0 spiro atoms. The second-order valence-electron chi connectivity index (χ2n) is 5.13. The van der Waals surface area contributed by atoms with Crippen LogP contribution in [-0.4, -0.2) is 22.1 Å². The van der Waals surface area contributed by atoms with Gasteiger partial charge in [-0.1, -0.05) is 25.4 Å². The van der Waals surface area contributed by atoms with Crippen molar-refractivity contribution in [1.82, 2.24) is 9.97 Å². The van der Waals surface area contributed by atoms with Crippen molar-refractivity contribution < 1.29 is 0 Å². The van der Waals surface area contributed by atoms with E-state index in [1.54, 1.807) is 0 Å². The number of anilines is 1. The second kappa shape index (κ2) is 5.43. The number of aryl methyl sites for hydroxylation is 1. The van der Waals surface area contributed by atoms with Gasteiger partial charge in [-0.2, -0.15) is 0 Å². The number of aromatic nitrogens is 2. The summed E-state index contributed by atoms with van der Waals surface area (Å²) in [6.45, 7) is 8.61. The topological polar surface area (TPSA) is 29.0 Å². The lowest BCUT2D eigenvalue weighted by Crippen LogP contribution is -2.35. The van der Waals surface area contributed by atoms with Gasteiger partial charge in [0.25, 0.3) is 0 Å². The standard InChI is InChI=1S/C14H22ClN3/c1-5-11-8-7-9(3)18(11)14-10(4)13(15)16-12(6-2)17-14/h9,11H,5-8H2,1-4H3.